The second-order valence-corrected chi connectivity index (χ2v) is 7.61. The van der Waals surface area contributed by atoms with Crippen LogP contribution in [0.5, 0.6) is 0 Å². The normalized spacial score (nSPS) is 42.0. The van der Waals surface area contributed by atoms with Crippen molar-refractivity contribution in [3.63, 3.8) is 0 Å². The van der Waals surface area contributed by atoms with Crippen LogP contribution in [-0.4, -0.2) is 40.8 Å². The highest BCUT2D eigenvalue weighted by Gasteiger charge is 2.41. The number of thioether (sulfide) groups is 1. The molecule has 0 bridgehead atoms. The van der Waals surface area contributed by atoms with Crippen molar-refractivity contribution in [3.8, 4) is 0 Å². The Balaban J connectivity index is 1.91. The maximum atomic E-state index is 5.94. The van der Waals surface area contributed by atoms with Gasteiger partial charge in [-0.3, -0.25) is 10.2 Å². The Morgan fingerprint density at radius 2 is 2.11 bits per heavy atom. The molecule has 0 amide bonds. The summed E-state index contributed by atoms with van der Waals surface area (Å²) in [6.45, 7) is 10.7. The summed E-state index contributed by atoms with van der Waals surface area (Å²) in [7, 11) is 0. The van der Waals surface area contributed by atoms with Crippen LogP contribution in [0.15, 0.2) is 0 Å². The maximum Gasteiger partial charge on any atom is 0.103 e. The lowest BCUT2D eigenvalue weighted by atomic mass is 9.93. The molecule has 106 valence electrons. The quantitative estimate of drug-likeness (QED) is 0.821. The van der Waals surface area contributed by atoms with Crippen molar-refractivity contribution in [1.29, 1.82) is 0 Å². The van der Waals surface area contributed by atoms with Gasteiger partial charge in [0.25, 0.3) is 0 Å². The highest BCUT2D eigenvalue weighted by molar-refractivity contribution is 8.00. The van der Waals surface area contributed by atoms with Crippen LogP contribution in [0.3, 0.4) is 0 Å². The molecule has 0 aromatic heterocycles. The third-order valence-electron chi connectivity index (χ3n) is 4.64. The molecule has 0 aliphatic carbocycles. The van der Waals surface area contributed by atoms with E-state index in [4.69, 9.17) is 5.73 Å². The van der Waals surface area contributed by atoms with Gasteiger partial charge in [-0.15, -0.1) is 11.8 Å². The van der Waals surface area contributed by atoms with Crippen molar-refractivity contribution in [2.75, 3.05) is 12.3 Å². The molecule has 18 heavy (non-hydrogen) atoms. The first-order valence-corrected chi connectivity index (χ1v) is 8.43. The van der Waals surface area contributed by atoms with E-state index in [1.54, 1.807) is 0 Å². The molecule has 0 aromatic carbocycles. The summed E-state index contributed by atoms with van der Waals surface area (Å²) in [4.78, 5) is 2.71. The fourth-order valence-corrected chi connectivity index (χ4v) is 4.50. The molecule has 2 rings (SSSR count). The molecule has 5 atom stereocenters. The molecular formula is C14H29N3S. The molecule has 0 aromatic rings. The van der Waals surface area contributed by atoms with Gasteiger partial charge in [-0.05, 0) is 45.1 Å². The van der Waals surface area contributed by atoms with Crippen LogP contribution in [0.2, 0.25) is 0 Å². The Hall–Kier alpha value is 0.230. The average molecular weight is 271 g/mol. The van der Waals surface area contributed by atoms with Gasteiger partial charge in [0.05, 0.1) is 0 Å². The number of hydrogen-bond donors (Lipinski definition) is 2. The van der Waals surface area contributed by atoms with Crippen molar-refractivity contribution in [2.45, 2.75) is 64.2 Å². The molecule has 0 radical (unpaired) electrons. The van der Waals surface area contributed by atoms with E-state index in [2.05, 4.69) is 37.9 Å². The summed E-state index contributed by atoms with van der Waals surface area (Å²) in [5.74, 6) is 2.76. The van der Waals surface area contributed by atoms with Crippen LogP contribution in [-0.2, 0) is 0 Å². The first-order chi connectivity index (χ1) is 8.49. The van der Waals surface area contributed by atoms with Gasteiger partial charge >= 0.3 is 0 Å². The van der Waals surface area contributed by atoms with Crippen LogP contribution in [0.1, 0.15) is 40.5 Å². The Morgan fingerprint density at radius 3 is 2.67 bits per heavy atom. The first-order valence-electron chi connectivity index (χ1n) is 7.38. The molecule has 2 aliphatic rings. The van der Waals surface area contributed by atoms with Crippen molar-refractivity contribution < 1.29 is 0 Å². The van der Waals surface area contributed by atoms with E-state index in [1.807, 2.05) is 11.8 Å². The lowest BCUT2D eigenvalue weighted by Gasteiger charge is -2.30. The highest BCUT2D eigenvalue weighted by Crippen LogP contribution is 2.35. The SMILES string of the molecule is CC(C)CCN1C(C)CC(C2CSC(N)N2)C1C. The number of hydrogen-bond acceptors (Lipinski definition) is 4. The van der Waals surface area contributed by atoms with Gasteiger partial charge in [-0.1, -0.05) is 13.8 Å². The summed E-state index contributed by atoms with van der Waals surface area (Å²) in [5.41, 5.74) is 6.10. The number of likely N-dealkylation sites (tertiary alicyclic amines) is 1. The standard InChI is InChI=1S/C14H29N3S/c1-9(2)5-6-17-10(3)7-12(11(17)4)13-8-18-14(15)16-13/h9-14,16H,5-8,15H2,1-4H3. The van der Waals surface area contributed by atoms with Crippen molar-refractivity contribution in [3.05, 3.63) is 0 Å². The van der Waals surface area contributed by atoms with E-state index < -0.39 is 0 Å². The van der Waals surface area contributed by atoms with Gasteiger partial charge in [0.2, 0.25) is 0 Å². The zero-order chi connectivity index (χ0) is 13.3. The van der Waals surface area contributed by atoms with Crippen molar-refractivity contribution in [2.24, 2.45) is 17.6 Å². The third kappa shape index (κ3) is 3.21. The lowest BCUT2D eigenvalue weighted by Crippen LogP contribution is -2.44. The number of nitrogens with one attached hydrogen (secondary N) is 1. The summed E-state index contributed by atoms with van der Waals surface area (Å²) in [5, 5.41) is 3.55. The van der Waals surface area contributed by atoms with E-state index in [9.17, 15) is 0 Å². The first kappa shape index (κ1) is 14.6. The molecule has 2 saturated heterocycles. The largest absolute Gasteiger partial charge is 0.307 e. The Kier molecular flexibility index (Phi) is 4.98. The summed E-state index contributed by atoms with van der Waals surface area (Å²) >= 11 is 1.86. The van der Waals surface area contributed by atoms with E-state index in [-0.39, 0.29) is 5.50 Å². The van der Waals surface area contributed by atoms with Gasteiger partial charge < -0.3 is 5.73 Å². The molecule has 0 saturated carbocycles. The smallest absolute Gasteiger partial charge is 0.103 e. The Bertz CT molecular complexity index is 272. The lowest BCUT2D eigenvalue weighted by molar-refractivity contribution is 0.182. The molecule has 2 heterocycles. The van der Waals surface area contributed by atoms with Gasteiger partial charge in [0.1, 0.15) is 5.50 Å². The number of nitrogens with two attached hydrogens (primary N) is 1. The van der Waals surface area contributed by atoms with E-state index in [0.29, 0.717) is 12.1 Å². The predicted octanol–water partition coefficient (Wildman–Crippen LogP) is 2.08. The molecule has 5 unspecified atom stereocenters. The second kappa shape index (κ2) is 6.12. The minimum absolute atomic E-state index is 0.155. The average Bonchev–Trinajstić information content (AvgIpc) is 2.82. The van der Waals surface area contributed by atoms with E-state index >= 15 is 0 Å². The maximum absolute atomic E-state index is 5.94. The molecule has 2 fully saturated rings. The Morgan fingerprint density at radius 1 is 1.39 bits per heavy atom. The van der Waals surface area contributed by atoms with Gasteiger partial charge in [0, 0.05) is 23.9 Å². The van der Waals surface area contributed by atoms with Crippen LogP contribution < -0.4 is 11.1 Å². The van der Waals surface area contributed by atoms with Gasteiger partial charge in [-0.2, -0.15) is 0 Å². The zero-order valence-electron chi connectivity index (χ0n) is 12.2. The zero-order valence-corrected chi connectivity index (χ0v) is 13.0. The van der Waals surface area contributed by atoms with Crippen molar-refractivity contribution >= 4 is 11.8 Å². The highest BCUT2D eigenvalue weighted by atomic mass is 32.2. The van der Waals surface area contributed by atoms with Gasteiger partial charge in [-0.25, -0.2) is 0 Å². The molecular weight excluding hydrogens is 242 g/mol. The minimum atomic E-state index is 0.155. The third-order valence-corrected chi connectivity index (χ3v) is 5.68. The predicted molar refractivity (Wildman–Crippen MR) is 80.5 cm³/mol. The fourth-order valence-electron chi connectivity index (χ4n) is 3.47. The number of nitrogens with zero attached hydrogens (tertiary/aromatic N) is 1. The minimum Gasteiger partial charge on any atom is -0.307 e. The summed E-state index contributed by atoms with van der Waals surface area (Å²) < 4.78 is 0. The molecule has 4 heteroatoms. The molecule has 3 nitrogen and oxygen atoms in total. The fraction of sp³-hybridized carbons (Fsp3) is 1.00. The topological polar surface area (TPSA) is 41.3 Å². The Labute approximate surface area is 116 Å². The summed E-state index contributed by atoms with van der Waals surface area (Å²) in [6.07, 6.45) is 2.64. The second-order valence-electron chi connectivity index (χ2n) is 6.44. The van der Waals surface area contributed by atoms with Crippen LogP contribution in [0.25, 0.3) is 0 Å². The van der Waals surface area contributed by atoms with Crippen LogP contribution in [0.4, 0.5) is 0 Å². The van der Waals surface area contributed by atoms with E-state index in [1.165, 1.54) is 25.1 Å². The van der Waals surface area contributed by atoms with Crippen molar-refractivity contribution in [1.82, 2.24) is 10.2 Å². The van der Waals surface area contributed by atoms with Crippen LogP contribution >= 0.6 is 11.8 Å². The molecule has 2 aliphatic heterocycles. The van der Waals surface area contributed by atoms with Gasteiger partial charge in [0.15, 0.2) is 0 Å². The van der Waals surface area contributed by atoms with E-state index in [0.717, 1.165) is 17.9 Å². The molecule has 3 N–H and O–H groups in total. The molecule has 0 spiro atoms. The number of rotatable bonds is 4. The monoisotopic (exact) mass is 271 g/mol. The summed E-state index contributed by atoms with van der Waals surface area (Å²) in [6, 6.07) is 2.04. The van der Waals surface area contributed by atoms with Crippen LogP contribution in [0, 0.1) is 11.8 Å².